The number of carbonyl (C=O) groups is 1. The average molecular weight is 421 g/mol. The first kappa shape index (κ1) is 20.7. The van der Waals surface area contributed by atoms with E-state index >= 15 is 0 Å². The zero-order valence-electron chi connectivity index (χ0n) is 17.7. The van der Waals surface area contributed by atoms with E-state index in [0.717, 1.165) is 11.0 Å². The van der Waals surface area contributed by atoms with Crippen molar-refractivity contribution >= 4 is 22.6 Å². The lowest BCUT2D eigenvalue weighted by atomic mass is 9.96. The number of nitrogens with zero attached hydrogens (tertiary/aromatic N) is 3. The number of carbonyl (C=O) groups excluding carboxylic acids is 1. The van der Waals surface area contributed by atoms with Crippen LogP contribution in [0.5, 0.6) is 0 Å². The van der Waals surface area contributed by atoms with Gasteiger partial charge in [-0.3, -0.25) is 4.79 Å². The number of rotatable bonds is 6. The predicted molar refractivity (Wildman–Crippen MR) is 115 cm³/mol. The number of aryl methyl sites for hydroxylation is 1. The molecule has 31 heavy (non-hydrogen) atoms. The van der Waals surface area contributed by atoms with Gasteiger partial charge in [-0.2, -0.15) is 4.98 Å². The Bertz CT molecular complexity index is 1220. The number of aromatic nitrogens is 4. The van der Waals surface area contributed by atoms with Crippen LogP contribution in [0.3, 0.4) is 0 Å². The van der Waals surface area contributed by atoms with Gasteiger partial charge in [0.05, 0.1) is 11.0 Å². The van der Waals surface area contributed by atoms with Crippen LogP contribution in [-0.4, -0.2) is 26.0 Å². The molecule has 0 bridgehead atoms. The molecule has 0 radical (unpaired) electrons. The molecule has 0 spiro atoms. The van der Waals surface area contributed by atoms with Crippen LogP contribution in [0.2, 0.25) is 0 Å². The van der Waals surface area contributed by atoms with E-state index in [9.17, 15) is 9.18 Å². The Kier molecular flexibility index (Phi) is 5.54. The monoisotopic (exact) mass is 421 g/mol. The Balaban J connectivity index is 1.38. The van der Waals surface area contributed by atoms with Gasteiger partial charge in [-0.05, 0) is 29.8 Å². The molecule has 0 aliphatic heterocycles. The number of halogens is 1. The first-order valence-corrected chi connectivity index (χ1v) is 10.1. The van der Waals surface area contributed by atoms with Crippen molar-refractivity contribution in [3.8, 4) is 0 Å². The molecule has 1 amide bonds. The van der Waals surface area contributed by atoms with Crippen LogP contribution in [0.25, 0.3) is 11.0 Å². The van der Waals surface area contributed by atoms with Crippen molar-refractivity contribution in [2.45, 2.75) is 45.4 Å². The molecule has 4 aromatic rings. The number of H-pyrrole nitrogens is 1. The van der Waals surface area contributed by atoms with Crippen molar-refractivity contribution in [1.29, 1.82) is 0 Å². The summed E-state index contributed by atoms with van der Waals surface area (Å²) in [5.41, 5.74) is 2.56. The number of fused-ring (bicyclic) bond motifs is 1. The molecule has 0 atom stereocenters. The third-order valence-corrected chi connectivity index (χ3v) is 4.84. The number of hydrogen-bond acceptors (Lipinski definition) is 5. The van der Waals surface area contributed by atoms with Gasteiger partial charge in [0, 0.05) is 30.4 Å². The maximum Gasteiger partial charge on any atom is 0.227 e. The highest BCUT2D eigenvalue weighted by Crippen LogP contribution is 2.21. The smallest absolute Gasteiger partial charge is 0.227 e. The molecule has 0 aliphatic carbocycles. The van der Waals surface area contributed by atoms with Gasteiger partial charge in [0.1, 0.15) is 11.6 Å². The summed E-state index contributed by atoms with van der Waals surface area (Å²) in [5.74, 6) is 1.32. The van der Waals surface area contributed by atoms with Crippen molar-refractivity contribution in [3.63, 3.8) is 0 Å². The SMILES string of the molecule is CC(C)(C)c1noc(CCC(=O)Nc2ccc3nc(Cc4ccccc4F)[nH]c3c2)n1. The summed E-state index contributed by atoms with van der Waals surface area (Å²) in [5, 5.41) is 6.84. The largest absolute Gasteiger partial charge is 0.342 e. The number of anilines is 1. The van der Waals surface area contributed by atoms with E-state index in [1.807, 2.05) is 32.9 Å². The van der Waals surface area contributed by atoms with Gasteiger partial charge in [-0.25, -0.2) is 9.37 Å². The molecule has 0 unspecified atom stereocenters. The molecular weight excluding hydrogens is 397 g/mol. The second-order valence-corrected chi connectivity index (χ2v) is 8.49. The molecule has 8 heteroatoms. The lowest BCUT2D eigenvalue weighted by molar-refractivity contribution is -0.116. The van der Waals surface area contributed by atoms with Crippen molar-refractivity contribution in [1.82, 2.24) is 20.1 Å². The molecule has 7 nitrogen and oxygen atoms in total. The number of nitrogens with one attached hydrogen (secondary N) is 2. The first-order chi connectivity index (χ1) is 14.8. The maximum absolute atomic E-state index is 13.9. The molecule has 0 fully saturated rings. The molecule has 2 N–H and O–H groups in total. The van der Waals surface area contributed by atoms with Crippen molar-refractivity contribution in [3.05, 3.63) is 71.4 Å². The molecule has 2 aromatic heterocycles. The highest BCUT2D eigenvalue weighted by atomic mass is 19.1. The van der Waals surface area contributed by atoms with E-state index in [-0.39, 0.29) is 23.6 Å². The fraction of sp³-hybridized carbons (Fsp3) is 0.304. The van der Waals surface area contributed by atoms with E-state index in [1.54, 1.807) is 24.3 Å². The molecule has 4 rings (SSSR count). The topological polar surface area (TPSA) is 96.7 Å². The maximum atomic E-state index is 13.9. The summed E-state index contributed by atoms with van der Waals surface area (Å²) < 4.78 is 19.1. The average Bonchev–Trinajstić information content (AvgIpc) is 3.34. The number of amides is 1. The van der Waals surface area contributed by atoms with Crippen LogP contribution >= 0.6 is 0 Å². The van der Waals surface area contributed by atoms with Crippen LogP contribution in [0, 0.1) is 5.82 Å². The highest BCUT2D eigenvalue weighted by molar-refractivity contribution is 5.93. The number of aromatic amines is 1. The van der Waals surface area contributed by atoms with Crippen molar-refractivity contribution in [2.24, 2.45) is 0 Å². The zero-order chi connectivity index (χ0) is 22.0. The molecule has 0 saturated carbocycles. The Morgan fingerprint density at radius 2 is 1.97 bits per heavy atom. The molecule has 2 heterocycles. The van der Waals surface area contributed by atoms with Crippen LogP contribution in [0.4, 0.5) is 10.1 Å². The summed E-state index contributed by atoms with van der Waals surface area (Å²) >= 11 is 0. The van der Waals surface area contributed by atoms with Gasteiger partial charge >= 0.3 is 0 Å². The van der Waals surface area contributed by atoms with Crippen LogP contribution in [0.15, 0.2) is 47.0 Å². The Morgan fingerprint density at radius 1 is 1.16 bits per heavy atom. The number of hydrogen-bond donors (Lipinski definition) is 2. The second-order valence-electron chi connectivity index (χ2n) is 8.49. The normalized spacial score (nSPS) is 11.7. The Hall–Kier alpha value is -3.55. The molecule has 2 aromatic carbocycles. The predicted octanol–water partition coefficient (Wildman–Crippen LogP) is 4.54. The minimum absolute atomic E-state index is 0.152. The first-order valence-electron chi connectivity index (χ1n) is 10.1. The van der Waals surface area contributed by atoms with Crippen molar-refractivity contribution in [2.75, 3.05) is 5.32 Å². The number of imidazole rings is 1. The fourth-order valence-electron chi connectivity index (χ4n) is 3.15. The van der Waals surface area contributed by atoms with E-state index in [1.165, 1.54) is 6.07 Å². The van der Waals surface area contributed by atoms with E-state index in [4.69, 9.17) is 4.52 Å². The summed E-state index contributed by atoms with van der Waals surface area (Å²) in [7, 11) is 0. The van der Waals surface area contributed by atoms with Gasteiger partial charge in [0.25, 0.3) is 0 Å². The van der Waals surface area contributed by atoms with Crippen LogP contribution in [0.1, 0.15) is 50.3 Å². The summed E-state index contributed by atoms with van der Waals surface area (Å²) in [6.45, 7) is 6.01. The second kappa shape index (κ2) is 8.29. The molecule has 160 valence electrons. The summed E-state index contributed by atoms with van der Waals surface area (Å²) in [4.78, 5) is 24.4. The van der Waals surface area contributed by atoms with Gasteiger partial charge in [0.2, 0.25) is 11.8 Å². The van der Waals surface area contributed by atoms with Gasteiger partial charge < -0.3 is 14.8 Å². The minimum Gasteiger partial charge on any atom is -0.342 e. The van der Waals surface area contributed by atoms with Crippen LogP contribution in [-0.2, 0) is 23.1 Å². The van der Waals surface area contributed by atoms with Gasteiger partial charge in [-0.15, -0.1) is 0 Å². The highest BCUT2D eigenvalue weighted by Gasteiger charge is 2.21. The third-order valence-electron chi connectivity index (χ3n) is 4.84. The lowest BCUT2D eigenvalue weighted by Crippen LogP contribution is -2.14. The minimum atomic E-state index is -0.258. The molecular formula is C23H24FN5O2. The number of benzene rings is 2. The standard InChI is InChI=1S/C23H24FN5O2/c1-23(2,3)22-28-21(31-29-22)11-10-20(30)25-15-8-9-17-18(13-15)27-19(26-17)12-14-6-4-5-7-16(14)24/h4-9,13H,10-12H2,1-3H3,(H,25,30)(H,26,27). The summed E-state index contributed by atoms with van der Waals surface area (Å²) in [6.07, 6.45) is 0.961. The fourth-order valence-corrected chi connectivity index (χ4v) is 3.15. The Morgan fingerprint density at radius 3 is 2.71 bits per heavy atom. The molecule has 0 saturated heterocycles. The van der Waals surface area contributed by atoms with Gasteiger partial charge in [-0.1, -0.05) is 44.1 Å². The Labute approximate surface area is 179 Å². The van der Waals surface area contributed by atoms with E-state index in [0.29, 0.717) is 41.6 Å². The summed E-state index contributed by atoms with van der Waals surface area (Å²) in [6, 6.07) is 12.1. The molecule has 0 aliphatic rings. The lowest BCUT2D eigenvalue weighted by Gasteiger charge is -2.10. The van der Waals surface area contributed by atoms with E-state index in [2.05, 4.69) is 25.4 Å². The zero-order valence-corrected chi connectivity index (χ0v) is 17.7. The van der Waals surface area contributed by atoms with Gasteiger partial charge in [0.15, 0.2) is 5.82 Å². The van der Waals surface area contributed by atoms with Crippen molar-refractivity contribution < 1.29 is 13.7 Å². The quantitative estimate of drug-likeness (QED) is 0.476. The van der Waals surface area contributed by atoms with E-state index < -0.39 is 0 Å². The third kappa shape index (κ3) is 4.96. The van der Waals surface area contributed by atoms with Crippen LogP contribution < -0.4 is 5.32 Å².